The molecule has 0 atom stereocenters. The van der Waals surface area contributed by atoms with E-state index in [1.54, 1.807) is 6.20 Å². The van der Waals surface area contributed by atoms with Crippen molar-refractivity contribution in [3.05, 3.63) is 54.0 Å². The number of guanidine groups is 1. The molecule has 0 amide bonds. The number of aliphatic imine (C=N–C) groups is 1. The zero-order valence-electron chi connectivity index (χ0n) is 14.7. The van der Waals surface area contributed by atoms with Crippen LogP contribution >= 0.6 is 24.0 Å². The summed E-state index contributed by atoms with van der Waals surface area (Å²) in [4.78, 5) is 12.2. The van der Waals surface area contributed by atoms with Gasteiger partial charge in [0.05, 0.1) is 24.3 Å². The normalized spacial score (nSPS) is 11.5. The molecule has 2 rings (SSSR count). The monoisotopic (exact) mass is 495 g/mol. The molecule has 148 valence electrons. The highest BCUT2D eigenvalue weighted by molar-refractivity contribution is 14.0. The lowest BCUT2D eigenvalue weighted by Crippen LogP contribution is -2.39. The maximum absolute atomic E-state index is 12.5. The van der Waals surface area contributed by atoms with Gasteiger partial charge in [0.15, 0.2) is 5.96 Å². The van der Waals surface area contributed by atoms with Gasteiger partial charge < -0.3 is 15.4 Å². The Labute approximate surface area is 172 Å². The number of aromatic nitrogens is 2. The molecule has 2 aromatic rings. The van der Waals surface area contributed by atoms with Gasteiger partial charge in [-0.3, -0.25) is 4.98 Å². The molecule has 0 bridgehead atoms. The molecular formula is C17H21F3IN5O. The first-order chi connectivity index (χ1) is 12.5. The number of hydrogen-bond acceptors (Lipinski definition) is 4. The third-order valence-corrected chi connectivity index (χ3v) is 3.18. The van der Waals surface area contributed by atoms with Gasteiger partial charge in [0.1, 0.15) is 6.61 Å². The largest absolute Gasteiger partial charge is 0.476 e. The van der Waals surface area contributed by atoms with Crippen molar-refractivity contribution in [3.63, 3.8) is 0 Å². The van der Waals surface area contributed by atoms with Gasteiger partial charge in [-0.1, -0.05) is 6.07 Å². The Morgan fingerprint density at radius 1 is 1.15 bits per heavy atom. The zero-order valence-corrected chi connectivity index (χ0v) is 17.0. The van der Waals surface area contributed by atoms with Crippen molar-refractivity contribution in [2.45, 2.75) is 19.6 Å². The highest BCUT2D eigenvalue weighted by Gasteiger charge is 2.30. The average Bonchev–Trinajstić information content (AvgIpc) is 2.63. The van der Waals surface area contributed by atoms with E-state index in [4.69, 9.17) is 4.74 Å². The average molecular weight is 495 g/mol. The maximum Gasteiger partial charge on any atom is 0.417 e. The zero-order chi connectivity index (χ0) is 18.8. The number of nitrogens with one attached hydrogen (secondary N) is 2. The van der Waals surface area contributed by atoms with Gasteiger partial charge in [-0.2, -0.15) is 13.2 Å². The lowest BCUT2D eigenvalue weighted by atomic mass is 10.3. The van der Waals surface area contributed by atoms with Crippen LogP contribution in [0.5, 0.6) is 5.88 Å². The van der Waals surface area contributed by atoms with Crippen LogP contribution in [0.1, 0.15) is 18.2 Å². The van der Waals surface area contributed by atoms with E-state index in [0.717, 1.165) is 18.0 Å². The van der Waals surface area contributed by atoms with Crippen LogP contribution in [0.3, 0.4) is 0 Å². The van der Waals surface area contributed by atoms with E-state index >= 15 is 0 Å². The van der Waals surface area contributed by atoms with Crippen molar-refractivity contribution in [2.24, 2.45) is 4.99 Å². The molecule has 6 nitrogen and oxygen atoms in total. The highest BCUT2D eigenvalue weighted by Crippen LogP contribution is 2.29. The van der Waals surface area contributed by atoms with E-state index in [1.165, 1.54) is 6.07 Å². The summed E-state index contributed by atoms with van der Waals surface area (Å²) in [7, 11) is 0. The van der Waals surface area contributed by atoms with E-state index in [1.807, 2.05) is 25.1 Å². The standard InChI is InChI=1S/C17H20F3N5O.HI/c1-2-21-16(25-12-14-5-3-4-8-22-14)23-9-10-26-15-7-6-13(11-24-15)17(18,19)20;/h3-8,11H,2,9-10,12H2,1H3,(H2,21,23,25);1H. The van der Waals surface area contributed by atoms with Crippen LogP contribution in [0.4, 0.5) is 13.2 Å². The highest BCUT2D eigenvalue weighted by atomic mass is 127. The Balaban J connectivity index is 0.00000364. The van der Waals surface area contributed by atoms with Crippen LogP contribution in [-0.4, -0.2) is 35.6 Å². The van der Waals surface area contributed by atoms with Crippen molar-refractivity contribution in [3.8, 4) is 5.88 Å². The SMILES string of the molecule is CCNC(=NCc1ccccn1)NCCOc1ccc(C(F)(F)F)cn1.I. The van der Waals surface area contributed by atoms with Crippen LogP contribution in [0.25, 0.3) is 0 Å². The van der Waals surface area contributed by atoms with Crippen LogP contribution in [0, 0.1) is 0 Å². The second kappa shape index (κ2) is 11.6. The van der Waals surface area contributed by atoms with Gasteiger partial charge in [0.2, 0.25) is 5.88 Å². The molecule has 2 N–H and O–H groups in total. The number of alkyl halides is 3. The minimum absolute atomic E-state index is 0. The molecule has 0 aromatic carbocycles. The first kappa shape index (κ1) is 22.9. The van der Waals surface area contributed by atoms with Gasteiger partial charge in [0, 0.05) is 25.0 Å². The van der Waals surface area contributed by atoms with Crippen LogP contribution < -0.4 is 15.4 Å². The summed E-state index contributed by atoms with van der Waals surface area (Å²) in [5, 5.41) is 6.17. The van der Waals surface area contributed by atoms with E-state index in [-0.39, 0.29) is 36.5 Å². The molecule has 0 unspecified atom stereocenters. The predicted molar refractivity (Wildman–Crippen MR) is 107 cm³/mol. The molecule has 0 aliphatic heterocycles. The van der Waals surface area contributed by atoms with Gasteiger partial charge >= 0.3 is 6.18 Å². The Bertz CT molecular complexity index is 696. The van der Waals surface area contributed by atoms with Gasteiger partial charge in [0.25, 0.3) is 0 Å². The summed E-state index contributed by atoms with van der Waals surface area (Å²) in [6, 6.07) is 7.75. The number of pyridine rings is 2. The van der Waals surface area contributed by atoms with Crippen molar-refractivity contribution in [1.82, 2.24) is 20.6 Å². The fourth-order valence-corrected chi connectivity index (χ4v) is 1.95. The lowest BCUT2D eigenvalue weighted by Gasteiger charge is -2.12. The summed E-state index contributed by atoms with van der Waals surface area (Å²) in [5.41, 5.74) is 0.0361. The van der Waals surface area contributed by atoms with E-state index in [9.17, 15) is 13.2 Å². The Morgan fingerprint density at radius 2 is 1.96 bits per heavy atom. The summed E-state index contributed by atoms with van der Waals surface area (Å²) in [6.45, 7) is 3.70. The molecular weight excluding hydrogens is 474 g/mol. The molecule has 0 aliphatic carbocycles. The minimum atomic E-state index is -4.40. The van der Waals surface area contributed by atoms with Crippen LogP contribution in [0.2, 0.25) is 0 Å². The molecule has 0 saturated heterocycles. The summed E-state index contributed by atoms with van der Waals surface area (Å²) >= 11 is 0. The fraction of sp³-hybridized carbons (Fsp3) is 0.353. The smallest absolute Gasteiger partial charge is 0.417 e. The van der Waals surface area contributed by atoms with E-state index in [0.29, 0.717) is 25.6 Å². The molecule has 10 heteroatoms. The predicted octanol–water partition coefficient (Wildman–Crippen LogP) is 3.25. The van der Waals surface area contributed by atoms with Crippen molar-refractivity contribution in [2.75, 3.05) is 19.7 Å². The molecule has 2 aromatic heterocycles. The third kappa shape index (κ3) is 8.41. The fourth-order valence-electron chi connectivity index (χ4n) is 1.95. The van der Waals surface area contributed by atoms with Crippen LogP contribution in [0.15, 0.2) is 47.7 Å². The lowest BCUT2D eigenvalue weighted by molar-refractivity contribution is -0.137. The number of halogens is 4. The summed E-state index contributed by atoms with van der Waals surface area (Å²) in [6.07, 6.45) is -1.95. The Kier molecular flexibility index (Phi) is 9.83. The van der Waals surface area contributed by atoms with E-state index < -0.39 is 11.7 Å². The molecule has 0 spiro atoms. The maximum atomic E-state index is 12.5. The molecule has 0 saturated carbocycles. The van der Waals surface area contributed by atoms with Crippen molar-refractivity contribution in [1.29, 1.82) is 0 Å². The van der Waals surface area contributed by atoms with Gasteiger partial charge in [-0.25, -0.2) is 9.98 Å². The Morgan fingerprint density at radius 3 is 2.56 bits per heavy atom. The van der Waals surface area contributed by atoms with Crippen molar-refractivity contribution >= 4 is 29.9 Å². The quantitative estimate of drug-likeness (QED) is 0.267. The topological polar surface area (TPSA) is 71.4 Å². The van der Waals surface area contributed by atoms with Crippen LogP contribution in [-0.2, 0) is 12.7 Å². The molecule has 0 aliphatic rings. The second-order valence-electron chi connectivity index (χ2n) is 5.17. The number of nitrogens with zero attached hydrogens (tertiary/aromatic N) is 3. The second-order valence-corrected chi connectivity index (χ2v) is 5.17. The Hall–Kier alpha value is -2.11. The summed E-state index contributed by atoms with van der Waals surface area (Å²) < 4.78 is 42.7. The molecule has 27 heavy (non-hydrogen) atoms. The van der Waals surface area contributed by atoms with Gasteiger partial charge in [-0.05, 0) is 25.1 Å². The number of ether oxygens (including phenoxy) is 1. The first-order valence-corrected chi connectivity index (χ1v) is 8.07. The van der Waals surface area contributed by atoms with Gasteiger partial charge in [-0.15, -0.1) is 24.0 Å². The van der Waals surface area contributed by atoms with Crippen molar-refractivity contribution < 1.29 is 17.9 Å². The minimum Gasteiger partial charge on any atom is -0.476 e. The molecule has 2 heterocycles. The molecule has 0 fully saturated rings. The summed E-state index contributed by atoms with van der Waals surface area (Å²) in [5.74, 6) is 0.734. The third-order valence-electron chi connectivity index (χ3n) is 3.18. The number of hydrogen-bond donors (Lipinski definition) is 2. The molecule has 0 radical (unpaired) electrons. The first-order valence-electron chi connectivity index (χ1n) is 8.07. The van der Waals surface area contributed by atoms with E-state index in [2.05, 4.69) is 25.6 Å². The number of rotatable bonds is 7.